The Bertz CT molecular complexity index is 1090. The molecule has 0 aromatic heterocycles. The zero-order valence-corrected chi connectivity index (χ0v) is 21.7. The molecular formula is C31H30O2P2. The molecule has 0 aliphatic rings. The summed E-state index contributed by atoms with van der Waals surface area (Å²) in [5, 5.41) is 23.3. The van der Waals surface area contributed by atoms with Crippen LogP contribution in [0.4, 0.5) is 0 Å². The SMILES string of the molecule is Cc1cc(O)ccc1O.c1ccc(Pc2ccccc2)cc1.c1ccc(Pc2ccccc2)cc1. The minimum Gasteiger partial charge on any atom is -0.508 e. The fourth-order valence-electron chi connectivity index (χ4n) is 3.06. The summed E-state index contributed by atoms with van der Waals surface area (Å²) in [6.45, 7) is 1.73. The second-order valence-electron chi connectivity index (χ2n) is 7.68. The summed E-state index contributed by atoms with van der Waals surface area (Å²) in [4.78, 5) is 0. The summed E-state index contributed by atoms with van der Waals surface area (Å²) in [6.07, 6.45) is 0. The molecule has 5 aromatic rings. The van der Waals surface area contributed by atoms with E-state index < -0.39 is 0 Å². The summed E-state index contributed by atoms with van der Waals surface area (Å²) < 4.78 is 0. The zero-order chi connectivity index (χ0) is 24.7. The van der Waals surface area contributed by atoms with Crippen molar-refractivity contribution in [3.63, 3.8) is 0 Å². The molecule has 0 heterocycles. The van der Waals surface area contributed by atoms with Gasteiger partial charge in [-0.1, -0.05) is 138 Å². The first kappa shape index (κ1) is 26.2. The van der Waals surface area contributed by atoms with Crippen LogP contribution in [0.15, 0.2) is 140 Å². The van der Waals surface area contributed by atoms with Crippen molar-refractivity contribution in [2.45, 2.75) is 6.92 Å². The predicted octanol–water partition coefficient (Wildman–Crippen LogP) is 6.04. The van der Waals surface area contributed by atoms with Crippen LogP contribution < -0.4 is 21.2 Å². The van der Waals surface area contributed by atoms with Crippen molar-refractivity contribution in [2.75, 3.05) is 0 Å². The van der Waals surface area contributed by atoms with Crippen LogP contribution in [0.3, 0.4) is 0 Å². The lowest BCUT2D eigenvalue weighted by Crippen LogP contribution is -2.01. The molecule has 0 saturated heterocycles. The van der Waals surface area contributed by atoms with Crippen LogP contribution in [0, 0.1) is 6.92 Å². The van der Waals surface area contributed by atoms with Gasteiger partial charge >= 0.3 is 0 Å². The number of hydrogen-bond acceptors (Lipinski definition) is 2. The highest BCUT2D eigenvalue weighted by Gasteiger charge is 1.94. The lowest BCUT2D eigenvalue weighted by atomic mass is 10.2. The van der Waals surface area contributed by atoms with Crippen LogP contribution in [0.5, 0.6) is 11.5 Å². The maximum atomic E-state index is 8.93. The van der Waals surface area contributed by atoms with Crippen LogP contribution in [0.1, 0.15) is 5.56 Å². The number of phenols is 2. The zero-order valence-electron chi connectivity index (χ0n) is 19.7. The van der Waals surface area contributed by atoms with Gasteiger partial charge in [-0.05, 0) is 51.9 Å². The molecule has 0 aliphatic carbocycles. The molecule has 0 fully saturated rings. The number of benzene rings is 5. The van der Waals surface area contributed by atoms with E-state index in [1.54, 1.807) is 6.92 Å². The Balaban J connectivity index is 0.000000150. The van der Waals surface area contributed by atoms with Gasteiger partial charge in [-0.2, -0.15) is 0 Å². The average molecular weight is 497 g/mol. The number of rotatable bonds is 4. The van der Waals surface area contributed by atoms with Crippen LogP contribution in [-0.4, -0.2) is 10.2 Å². The largest absolute Gasteiger partial charge is 0.508 e. The van der Waals surface area contributed by atoms with Gasteiger partial charge in [-0.25, -0.2) is 0 Å². The van der Waals surface area contributed by atoms with E-state index in [1.807, 2.05) is 0 Å². The average Bonchev–Trinajstić information content (AvgIpc) is 2.90. The molecule has 5 aromatic carbocycles. The van der Waals surface area contributed by atoms with Gasteiger partial charge in [0.1, 0.15) is 11.5 Å². The molecule has 2 nitrogen and oxygen atoms in total. The standard InChI is InChI=1S/2C12H11P.C7H8O2/c2*1-3-7-11(8-4-1)13-12-9-5-2-6-10-12;1-5-4-6(8)2-3-7(5)9/h2*1-10,13H;2-4,8-9H,1H3. The molecule has 0 atom stereocenters. The van der Waals surface area contributed by atoms with Crippen molar-refractivity contribution in [3.05, 3.63) is 145 Å². The van der Waals surface area contributed by atoms with Crippen LogP contribution in [0.25, 0.3) is 0 Å². The summed E-state index contributed by atoms with van der Waals surface area (Å²) in [7, 11) is 1.55. The molecule has 0 spiro atoms. The first-order chi connectivity index (χ1) is 17.1. The number of phenolic OH excluding ortho intramolecular Hbond substituents is 2. The number of aromatic hydroxyl groups is 2. The quantitative estimate of drug-likeness (QED) is 0.235. The molecule has 0 radical (unpaired) electrons. The molecule has 35 heavy (non-hydrogen) atoms. The van der Waals surface area contributed by atoms with Crippen LogP contribution >= 0.6 is 17.2 Å². The lowest BCUT2D eigenvalue weighted by Gasteiger charge is -2.00. The van der Waals surface area contributed by atoms with Gasteiger partial charge in [0.2, 0.25) is 0 Å². The third-order valence-electron chi connectivity index (χ3n) is 4.85. The normalized spacial score (nSPS) is 9.74. The smallest absolute Gasteiger partial charge is 0.118 e. The second-order valence-corrected chi connectivity index (χ2v) is 10.5. The second kappa shape index (κ2) is 14.7. The van der Waals surface area contributed by atoms with Crippen molar-refractivity contribution in [1.82, 2.24) is 0 Å². The highest BCUT2D eigenvalue weighted by molar-refractivity contribution is 7.55. The molecule has 4 heteroatoms. The minimum absolute atomic E-state index is 0.185. The van der Waals surface area contributed by atoms with E-state index in [0.29, 0.717) is 5.56 Å². The van der Waals surface area contributed by atoms with E-state index in [2.05, 4.69) is 121 Å². The van der Waals surface area contributed by atoms with Gasteiger partial charge in [0.05, 0.1) is 0 Å². The Hall–Kier alpha value is -3.44. The van der Waals surface area contributed by atoms with Gasteiger partial charge in [0, 0.05) is 0 Å². The summed E-state index contributed by atoms with van der Waals surface area (Å²) in [6, 6.07) is 46.7. The third-order valence-corrected chi connectivity index (χ3v) is 7.34. The van der Waals surface area contributed by atoms with Crippen LogP contribution in [-0.2, 0) is 0 Å². The highest BCUT2D eigenvalue weighted by atomic mass is 31.1. The Morgan fingerprint density at radius 3 is 1.00 bits per heavy atom. The highest BCUT2D eigenvalue weighted by Crippen LogP contribution is 2.20. The first-order valence-electron chi connectivity index (χ1n) is 11.3. The van der Waals surface area contributed by atoms with Crippen molar-refractivity contribution in [3.8, 4) is 11.5 Å². The monoisotopic (exact) mass is 496 g/mol. The van der Waals surface area contributed by atoms with E-state index in [4.69, 9.17) is 10.2 Å². The van der Waals surface area contributed by atoms with Gasteiger partial charge in [0.15, 0.2) is 0 Å². The Morgan fingerprint density at radius 1 is 0.429 bits per heavy atom. The van der Waals surface area contributed by atoms with Gasteiger partial charge < -0.3 is 10.2 Å². The third kappa shape index (κ3) is 10.1. The molecule has 176 valence electrons. The van der Waals surface area contributed by atoms with Gasteiger partial charge in [0.25, 0.3) is 0 Å². The fourth-order valence-corrected chi connectivity index (χ4v) is 5.16. The van der Waals surface area contributed by atoms with Gasteiger partial charge in [-0.3, -0.25) is 0 Å². The van der Waals surface area contributed by atoms with E-state index in [0.717, 1.165) is 17.2 Å². The topological polar surface area (TPSA) is 40.5 Å². The van der Waals surface area contributed by atoms with Gasteiger partial charge in [-0.15, -0.1) is 0 Å². The molecular weight excluding hydrogens is 466 g/mol. The Morgan fingerprint density at radius 2 is 0.743 bits per heavy atom. The van der Waals surface area contributed by atoms with E-state index in [-0.39, 0.29) is 11.5 Å². The van der Waals surface area contributed by atoms with Crippen LogP contribution in [0.2, 0.25) is 0 Å². The van der Waals surface area contributed by atoms with E-state index in [9.17, 15) is 0 Å². The molecule has 2 N–H and O–H groups in total. The molecule has 0 unspecified atom stereocenters. The molecule has 0 bridgehead atoms. The molecule has 0 amide bonds. The summed E-state index contributed by atoms with van der Waals surface area (Å²) in [5.41, 5.74) is 0.690. The first-order valence-corrected chi connectivity index (χ1v) is 13.3. The Labute approximate surface area is 211 Å². The Kier molecular flexibility index (Phi) is 11.0. The number of aryl methyl sites for hydroxylation is 1. The molecule has 0 saturated carbocycles. The minimum atomic E-state index is 0.185. The van der Waals surface area contributed by atoms with E-state index in [1.165, 1.54) is 39.4 Å². The van der Waals surface area contributed by atoms with Crippen molar-refractivity contribution in [1.29, 1.82) is 0 Å². The predicted molar refractivity (Wildman–Crippen MR) is 155 cm³/mol. The molecule has 0 aliphatic heterocycles. The lowest BCUT2D eigenvalue weighted by molar-refractivity contribution is 0.456. The summed E-state index contributed by atoms with van der Waals surface area (Å²) >= 11 is 0. The molecule has 5 rings (SSSR count). The summed E-state index contributed by atoms with van der Waals surface area (Å²) in [5.74, 6) is 0.401. The van der Waals surface area contributed by atoms with Crippen molar-refractivity contribution < 1.29 is 10.2 Å². The maximum absolute atomic E-state index is 8.93. The maximum Gasteiger partial charge on any atom is 0.118 e. The fraction of sp³-hybridized carbons (Fsp3) is 0.0323. The van der Waals surface area contributed by atoms with Crippen molar-refractivity contribution >= 4 is 38.4 Å². The van der Waals surface area contributed by atoms with E-state index >= 15 is 0 Å². The number of hydrogen-bond donors (Lipinski definition) is 2. The van der Waals surface area contributed by atoms with Crippen molar-refractivity contribution in [2.24, 2.45) is 0 Å².